The van der Waals surface area contributed by atoms with Crippen LogP contribution < -0.4 is 10.6 Å². The largest absolute Gasteiger partial charge is 0.371 e. The van der Waals surface area contributed by atoms with E-state index < -0.39 is 0 Å². The van der Waals surface area contributed by atoms with E-state index in [1.165, 1.54) is 0 Å². The number of carbonyl (C=O) groups is 1. The first-order chi connectivity index (χ1) is 10.7. The second-order valence-corrected chi connectivity index (χ2v) is 5.49. The van der Waals surface area contributed by atoms with Crippen LogP contribution in [0.25, 0.3) is 0 Å². The van der Waals surface area contributed by atoms with Crippen LogP contribution in [-0.2, 0) is 4.74 Å². The fourth-order valence-electron chi connectivity index (χ4n) is 2.48. The zero-order valence-corrected chi connectivity index (χ0v) is 12.6. The summed E-state index contributed by atoms with van der Waals surface area (Å²) in [5.41, 5.74) is 1.00. The number of rotatable bonds is 3. The van der Waals surface area contributed by atoms with Gasteiger partial charge in [-0.25, -0.2) is 9.78 Å². The highest BCUT2D eigenvalue weighted by atomic mass is 35.5. The van der Waals surface area contributed by atoms with E-state index in [2.05, 4.69) is 15.6 Å². The fraction of sp³-hybridized carbons (Fsp3) is 0.250. The number of carbonyl (C=O) groups excluding carboxylic acids is 1. The number of aromatic nitrogens is 1. The molecule has 114 valence electrons. The predicted molar refractivity (Wildman–Crippen MR) is 84.9 cm³/mol. The molecule has 2 heterocycles. The number of nitrogens with zero attached hydrogens (tertiary/aromatic N) is 1. The topological polar surface area (TPSA) is 63.2 Å². The maximum atomic E-state index is 12.1. The summed E-state index contributed by atoms with van der Waals surface area (Å²) in [6.07, 6.45) is 2.24. The first-order valence-corrected chi connectivity index (χ1v) is 7.46. The van der Waals surface area contributed by atoms with Gasteiger partial charge in [0.15, 0.2) is 0 Å². The molecule has 1 fully saturated rings. The molecular weight excluding hydrogens is 302 g/mol. The first kappa shape index (κ1) is 14.8. The molecular formula is C16H16ClN3O2. The molecule has 0 unspecified atom stereocenters. The van der Waals surface area contributed by atoms with Gasteiger partial charge in [-0.3, -0.25) is 5.32 Å². The third-order valence-electron chi connectivity index (χ3n) is 3.51. The fourth-order valence-corrected chi connectivity index (χ4v) is 2.60. The van der Waals surface area contributed by atoms with Crippen molar-refractivity contribution in [1.82, 2.24) is 10.3 Å². The number of urea groups is 1. The average molecular weight is 318 g/mol. The van der Waals surface area contributed by atoms with Gasteiger partial charge in [0, 0.05) is 17.8 Å². The summed E-state index contributed by atoms with van der Waals surface area (Å²) < 4.78 is 5.74. The molecule has 1 aromatic heterocycles. The van der Waals surface area contributed by atoms with Gasteiger partial charge in [-0.1, -0.05) is 29.8 Å². The van der Waals surface area contributed by atoms with Crippen molar-refractivity contribution in [3.63, 3.8) is 0 Å². The number of benzene rings is 1. The lowest BCUT2D eigenvalue weighted by Crippen LogP contribution is -2.39. The summed E-state index contributed by atoms with van der Waals surface area (Å²) in [7, 11) is 0. The SMILES string of the molecule is O=C(Nc1ccccn1)N[C@H]1CCO[C@@H]1c1ccc(Cl)cc1. The zero-order chi connectivity index (χ0) is 15.4. The second kappa shape index (κ2) is 6.77. The van der Waals surface area contributed by atoms with Crippen molar-refractivity contribution in [2.24, 2.45) is 0 Å². The number of ether oxygens (including phenoxy) is 1. The Kier molecular flexibility index (Phi) is 4.56. The molecule has 22 heavy (non-hydrogen) atoms. The minimum absolute atomic E-state index is 0.0788. The van der Waals surface area contributed by atoms with E-state index in [4.69, 9.17) is 16.3 Å². The normalized spacial score (nSPS) is 20.6. The number of amides is 2. The van der Waals surface area contributed by atoms with Gasteiger partial charge in [0.2, 0.25) is 0 Å². The van der Waals surface area contributed by atoms with E-state index in [-0.39, 0.29) is 18.2 Å². The molecule has 0 aliphatic carbocycles. The van der Waals surface area contributed by atoms with E-state index in [1.807, 2.05) is 30.3 Å². The van der Waals surface area contributed by atoms with E-state index >= 15 is 0 Å². The lowest BCUT2D eigenvalue weighted by atomic mass is 10.0. The van der Waals surface area contributed by atoms with Crippen molar-refractivity contribution in [3.05, 3.63) is 59.2 Å². The monoisotopic (exact) mass is 317 g/mol. The van der Waals surface area contributed by atoms with E-state index in [9.17, 15) is 4.79 Å². The smallest absolute Gasteiger partial charge is 0.320 e. The van der Waals surface area contributed by atoms with Crippen LogP contribution in [0.1, 0.15) is 18.1 Å². The molecule has 1 saturated heterocycles. The van der Waals surface area contributed by atoms with Gasteiger partial charge in [0.1, 0.15) is 11.9 Å². The van der Waals surface area contributed by atoms with Gasteiger partial charge >= 0.3 is 6.03 Å². The molecule has 0 saturated carbocycles. The highest BCUT2D eigenvalue weighted by Gasteiger charge is 2.30. The van der Waals surface area contributed by atoms with Crippen LogP contribution in [0, 0.1) is 0 Å². The molecule has 2 N–H and O–H groups in total. The molecule has 3 rings (SSSR count). The molecule has 1 aliphatic heterocycles. The number of hydrogen-bond donors (Lipinski definition) is 2. The van der Waals surface area contributed by atoms with E-state index in [1.54, 1.807) is 18.3 Å². The lowest BCUT2D eigenvalue weighted by Gasteiger charge is -2.20. The Morgan fingerprint density at radius 1 is 1.23 bits per heavy atom. The highest BCUT2D eigenvalue weighted by Crippen LogP contribution is 2.29. The van der Waals surface area contributed by atoms with Crippen molar-refractivity contribution in [3.8, 4) is 0 Å². The summed E-state index contributed by atoms with van der Waals surface area (Å²) in [5, 5.41) is 6.33. The number of anilines is 1. The molecule has 1 aliphatic rings. The van der Waals surface area contributed by atoms with E-state index in [0.29, 0.717) is 17.4 Å². The number of nitrogens with one attached hydrogen (secondary N) is 2. The van der Waals surface area contributed by atoms with Crippen molar-refractivity contribution in [2.45, 2.75) is 18.6 Å². The minimum atomic E-state index is -0.284. The van der Waals surface area contributed by atoms with Crippen LogP contribution >= 0.6 is 11.6 Å². The van der Waals surface area contributed by atoms with Crippen molar-refractivity contribution in [1.29, 1.82) is 0 Å². The molecule has 2 amide bonds. The minimum Gasteiger partial charge on any atom is -0.371 e. The molecule has 1 aromatic carbocycles. The van der Waals surface area contributed by atoms with Gasteiger partial charge in [-0.2, -0.15) is 0 Å². The lowest BCUT2D eigenvalue weighted by molar-refractivity contribution is 0.100. The highest BCUT2D eigenvalue weighted by molar-refractivity contribution is 6.30. The van der Waals surface area contributed by atoms with Crippen LogP contribution in [0.4, 0.5) is 10.6 Å². The summed E-state index contributed by atoms with van der Waals surface area (Å²) >= 11 is 5.90. The van der Waals surface area contributed by atoms with Gasteiger partial charge in [-0.15, -0.1) is 0 Å². The Bertz CT molecular complexity index is 634. The predicted octanol–water partition coefficient (Wildman–Crippen LogP) is 3.39. The van der Waals surface area contributed by atoms with Crippen LogP contribution in [0.2, 0.25) is 5.02 Å². The Hall–Kier alpha value is -2.11. The van der Waals surface area contributed by atoms with Crippen LogP contribution in [0.15, 0.2) is 48.7 Å². The summed E-state index contributed by atoms with van der Waals surface area (Å²) in [5.74, 6) is 0.516. The Balaban J connectivity index is 1.63. The molecule has 6 heteroatoms. The summed E-state index contributed by atoms with van der Waals surface area (Å²) in [6, 6.07) is 12.5. The Morgan fingerprint density at radius 3 is 2.77 bits per heavy atom. The van der Waals surface area contributed by atoms with E-state index in [0.717, 1.165) is 12.0 Å². The molecule has 0 bridgehead atoms. The third kappa shape index (κ3) is 3.55. The number of pyridine rings is 1. The third-order valence-corrected chi connectivity index (χ3v) is 3.77. The standard InChI is InChI=1S/C16H16ClN3O2/c17-12-6-4-11(5-7-12)15-13(8-10-22-15)19-16(21)20-14-3-1-2-9-18-14/h1-7,9,13,15H,8,10H2,(H2,18,19,20,21)/t13-,15+/m0/s1. The first-order valence-electron chi connectivity index (χ1n) is 7.08. The van der Waals surface area contributed by atoms with Crippen LogP contribution in [0.5, 0.6) is 0 Å². The number of hydrogen-bond acceptors (Lipinski definition) is 3. The molecule has 5 nitrogen and oxygen atoms in total. The number of halogens is 1. The molecule has 2 atom stereocenters. The van der Waals surface area contributed by atoms with Crippen molar-refractivity contribution in [2.75, 3.05) is 11.9 Å². The summed E-state index contributed by atoms with van der Waals surface area (Å²) in [6.45, 7) is 0.613. The quantitative estimate of drug-likeness (QED) is 0.912. The van der Waals surface area contributed by atoms with Gasteiger partial charge in [-0.05, 0) is 36.2 Å². The molecule has 2 aromatic rings. The van der Waals surface area contributed by atoms with Crippen LogP contribution in [-0.4, -0.2) is 23.7 Å². The molecule has 0 spiro atoms. The maximum absolute atomic E-state index is 12.1. The van der Waals surface area contributed by atoms with Crippen molar-refractivity contribution < 1.29 is 9.53 Å². The van der Waals surface area contributed by atoms with Gasteiger partial charge < -0.3 is 10.1 Å². The zero-order valence-electron chi connectivity index (χ0n) is 11.8. The average Bonchev–Trinajstić information content (AvgIpc) is 2.97. The van der Waals surface area contributed by atoms with Gasteiger partial charge in [0.05, 0.1) is 6.04 Å². The van der Waals surface area contributed by atoms with Crippen molar-refractivity contribution >= 4 is 23.4 Å². The Labute approximate surface area is 133 Å². The van der Waals surface area contributed by atoms with Crippen LogP contribution in [0.3, 0.4) is 0 Å². The molecule has 0 radical (unpaired) electrons. The maximum Gasteiger partial charge on any atom is 0.320 e. The van der Waals surface area contributed by atoms with Gasteiger partial charge in [0.25, 0.3) is 0 Å². The Morgan fingerprint density at radius 2 is 2.05 bits per heavy atom. The second-order valence-electron chi connectivity index (χ2n) is 5.05. The summed E-state index contributed by atoms with van der Waals surface area (Å²) in [4.78, 5) is 16.1.